The number of phenolic OH excluding ortho intramolecular Hbond substituents is 1. The average Bonchev–Trinajstić information content (AvgIpc) is 2.88. The van der Waals surface area contributed by atoms with E-state index in [9.17, 15) is 9.90 Å². The number of aromatic hydroxyl groups is 1. The summed E-state index contributed by atoms with van der Waals surface area (Å²) in [6.07, 6.45) is 0. The molecule has 0 aliphatic carbocycles. The molecule has 1 amide bonds. The van der Waals surface area contributed by atoms with Gasteiger partial charge in [-0.25, -0.2) is 0 Å². The molecule has 0 spiro atoms. The lowest BCUT2D eigenvalue weighted by atomic mass is 9.95. The second-order valence-corrected chi connectivity index (χ2v) is 6.16. The number of aliphatic hydroxyl groups is 1. The second-order valence-electron chi connectivity index (χ2n) is 6.16. The molecule has 24 heavy (non-hydrogen) atoms. The summed E-state index contributed by atoms with van der Waals surface area (Å²) >= 11 is 0. The molecule has 1 aliphatic rings. The van der Waals surface area contributed by atoms with Crippen LogP contribution in [0.25, 0.3) is 16.7 Å². The summed E-state index contributed by atoms with van der Waals surface area (Å²) in [5, 5.41) is 22.2. The Kier molecular flexibility index (Phi) is 4.13. The molecule has 2 aromatic rings. The van der Waals surface area contributed by atoms with Gasteiger partial charge in [0.15, 0.2) is 0 Å². The molecule has 124 valence electrons. The molecule has 0 saturated heterocycles. The van der Waals surface area contributed by atoms with E-state index in [0.717, 1.165) is 22.3 Å². The van der Waals surface area contributed by atoms with Crippen LogP contribution in [-0.2, 0) is 4.79 Å². The minimum atomic E-state index is -0.424. The summed E-state index contributed by atoms with van der Waals surface area (Å²) in [5.41, 5.74) is 11.1. The van der Waals surface area contributed by atoms with Crippen molar-refractivity contribution in [3.63, 3.8) is 0 Å². The van der Waals surface area contributed by atoms with E-state index < -0.39 is 6.04 Å². The number of allylic oxidation sites excluding steroid dienone is 1. The van der Waals surface area contributed by atoms with Crippen LogP contribution in [0.2, 0.25) is 0 Å². The number of amides is 1. The number of fused-ring (bicyclic) bond motifs is 1. The normalized spacial score (nSPS) is 14.3. The van der Waals surface area contributed by atoms with E-state index in [1.165, 1.54) is 0 Å². The third-order valence-electron chi connectivity index (χ3n) is 4.23. The summed E-state index contributed by atoms with van der Waals surface area (Å²) in [7, 11) is 0. The third-order valence-corrected chi connectivity index (χ3v) is 4.23. The van der Waals surface area contributed by atoms with E-state index in [-0.39, 0.29) is 18.3 Å². The van der Waals surface area contributed by atoms with Crippen molar-refractivity contribution >= 4 is 17.2 Å². The summed E-state index contributed by atoms with van der Waals surface area (Å²) in [6, 6.07) is 10.3. The van der Waals surface area contributed by atoms with Crippen LogP contribution in [0.3, 0.4) is 0 Å². The Labute approximate surface area is 140 Å². The number of rotatable bonds is 3. The summed E-state index contributed by atoms with van der Waals surface area (Å²) in [5.74, 6) is -0.0471. The van der Waals surface area contributed by atoms with Gasteiger partial charge in [0.2, 0.25) is 0 Å². The van der Waals surface area contributed by atoms with Crippen LogP contribution in [0.4, 0.5) is 5.69 Å². The fourth-order valence-electron chi connectivity index (χ4n) is 2.95. The van der Waals surface area contributed by atoms with Gasteiger partial charge >= 0.3 is 0 Å². The highest BCUT2D eigenvalue weighted by molar-refractivity contribution is 6.32. The van der Waals surface area contributed by atoms with Crippen molar-refractivity contribution in [2.45, 2.75) is 19.9 Å². The molecule has 5 heteroatoms. The first kappa shape index (κ1) is 16.2. The van der Waals surface area contributed by atoms with E-state index in [1.807, 2.05) is 44.2 Å². The van der Waals surface area contributed by atoms with Crippen molar-refractivity contribution in [1.82, 2.24) is 0 Å². The fraction of sp³-hybridized carbons (Fsp3) is 0.211. The lowest BCUT2D eigenvalue weighted by molar-refractivity contribution is -0.110. The van der Waals surface area contributed by atoms with Crippen molar-refractivity contribution in [1.29, 1.82) is 0 Å². The molecule has 2 aromatic carbocycles. The number of nitrogens with one attached hydrogen (secondary N) is 1. The van der Waals surface area contributed by atoms with Crippen LogP contribution in [0.15, 0.2) is 42.0 Å². The lowest BCUT2D eigenvalue weighted by Gasteiger charge is -2.11. The number of carbonyl (C=O) groups is 1. The van der Waals surface area contributed by atoms with E-state index in [1.54, 1.807) is 6.07 Å². The van der Waals surface area contributed by atoms with Crippen LogP contribution in [-0.4, -0.2) is 22.7 Å². The maximum Gasteiger partial charge on any atom is 0.256 e. The number of hydrogen-bond donors (Lipinski definition) is 4. The number of benzene rings is 2. The van der Waals surface area contributed by atoms with Crippen LogP contribution in [0.1, 0.15) is 31.0 Å². The Hall–Kier alpha value is -2.63. The van der Waals surface area contributed by atoms with Crippen molar-refractivity contribution in [3.8, 4) is 16.9 Å². The van der Waals surface area contributed by atoms with Crippen LogP contribution < -0.4 is 11.1 Å². The van der Waals surface area contributed by atoms with Gasteiger partial charge in [-0.3, -0.25) is 4.79 Å². The number of phenols is 1. The highest BCUT2D eigenvalue weighted by Gasteiger charge is 2.27. The zero-order chi connectivity index (χ0) is 17.4. The second kappa shape index (κ2) is 6.11. The van der Waals surface area contributed by atoms with Gasteiger partial charge in [0.05, 0.1) is 18.3 Å². The first-order valence-electron chi connectivity index (χ1n) is 7.75. The minimum absolute atomic E-state index is 0.100. The van der Waals surface area contributed by atoms with Crippen molar-refractivity contribution in [3.05, 3.63) is 53.1 Å². The van der Waals surface area contributed by atoms with E-state index in [0.29, 0.717) is 16.8 Å². The number of nitrogens with two attached hydrogens (primary N) is 1. The van der Waals surface area contributed by atoms with Crippen molar-refractivity contribution in [2.24, 2.45) is 5.73 Å². The lowest BCUT2D eigenvalue weighted by Crippen LogP contribution is -2.14. The zero-order valence-electron chi connectivity index (χ0n) is 13.6. The van der Waals surface area contributed by atoms with Gasteiger partial charge in [0.1, 0.15) is 5.75 Å². The SMILES string of the molecule is CC(C)=C1C(=O)Nc2cc(O)c(-c3ccc(C(N)CO)cc3)cc21. The Morgan fingerprint density at radius 2 is 1.83 bits per heavy atom. The molecular weight excluding hydrogens is 304 g/mol. The minimum Gasteiger partial charge on any atom is -0.507 e. The van der Waals surface area contributed by atoms with E-state index >= 15 is 0 Å². The molecule has 0 saturated carbocycles. The first-order chi connectivity index (χ1) is 11.4. The smallest absolute Gasteiger partial charge is 0.256 e. The van der Waals surface area contributed by atoms with Gasteiger partial charge in [0.25, 0.3) is 5.91 Å². The molecule has 1 heterocycles. The van der Waals surface area contributed by atoms with Gasteiger partial charge in [0, 0.05) is 22.8 Å². The average molecular weight is 324 g/mol. The Morgan fingerprint density at radius 1 is 1.17 bits per heavy atom. The predicted molar refractivity (Wildman–Crippen MR) is 94.5 cm³/mol. The van der Waals surface area contributed by atoms with Crippen LogP contribution in [0, 0.1) is 0 Å². The van der Waals surface area contributed by atoms with E-state index in [4.69, 9.17) is 10.8 Å². The molecule has 5 nitrogen and oxygen atoms in total. The van der Waals surface area contributed by atoms with Gasteiger partial charge in [-0.15, -0.1) is 0 Å². The number of carbonyl (C=O) groups excluding carboxylic acids is 1. The number of anilines is 1. The molecule has 0 bridgehead atoms. The molecule has 1 aliphatic heterocycles. The molecule has 5 N–H and O–H groups in total. The molecule has 0 radical (unpaired) electrons. The Balaban J connectivity index is 2.08. The Morgan fingerprint density at radius 3 is 2.42 bits per heavy atom. The number of hydrogen-bond acceptors (Lipinski definition) is 4. The van der Waals surface area contributed by atoms with Crippen LogP contribution >= 0.6 is 0 Å². The highest BCUT2D eigenvalue weighted by Crippen LogP contribution is 2.41. The quantitative estimate of drug-likeness (QED) is 0.653. The van der Waals surface area contributed by atoms with Gasteiger partial charge in [-0.2, -0.15) is 0 Å². The molecule has 1 unspecified atom stereocenters. The monoisotopic (exact) mass is 324 g/mol. The van der Waals surface area contributed by atoms with Gasteiger partial charge in [-0.1, -0.05) is 29.8 Å². The van der Waals surface area contributed by atoms with Crippen molar-refractivity contribution in [2.75, 3.05) is 11.9 Å². The molecule has 1 atom stereocenters. The standard InChI is InChI=1S/C19H20N2O3/c1-10(2)18-14-7-13(17(23)8-16(14)21-19(18)24)11-3-5-12(6-4-11)15(20)9-22/h3-8,15,22-23H,9,20H2,1-2H3,(H,21,24). The number of aliphatic hydroxyl groups excluding tert-OH is 1. The van der Waals surface area contributed by atoms with E-state index in [2.05, 4.69) is 5.32 Å². The van der Waals surface area contributed by atoms with Gasteiger partial charge in [-0.05, 0) is 31.0 Å². The third kappa shape index (κ3) is 2.68. The zero-order valence-corrected chi connectivity index (χ0v) is 13.6. The maximum absolute atomic E-state index is 12.1. The van der Waals surface area contributed by atoms with Crippen LogP contribution in [0.5, 0.6) is 5.75 Å². The topological polar surface area (TPSA) is 95.6 Å². The predicted octanol–water partition coefficient (Wildman–Crippen LogP) is 2.80. The van der Waals surface area contributed by atoms with Gasteiger partial charge < -0.3 is 21.3 Å². The summed E-state index contributed by atoms with van der Waals surface area (Å²) in [6.45, 7) is 3.66. The molecule has 3 rings (SSSR count). The highest BCUT2D eigenvalue weighted by atomic mass is 16.3. The summed E-state index contributed by atoms with van der Waals surface area (Å²) < 4.78 is 0. The largest absolute Gasteiger partial charge is 0.507 e. The van der Waals surface area contributed by atoms with Crippen molar-refractivity contribution < 1.29 is 15.0 Å². The Bertz CT molecular complexity index is 834. The molecule has 0 aromatic heterocycles. The fourth-order valence-corrected chi connectivity index (χ4v) is 2.95. The summed E-state index contributed by atoms with van der Waals surface area (Å²) in [4.78, 5) is 12.1. The molecule has 0 fully saturated rings. The first-order valence-corrected chi connectivity index (χ1v) is 7.75. The maximum atomic E-state index is 12.1. The molecular formula is C19H20N2O3.